The third-order valence-corrected chi connectivity index (χ3v) is 5.73. The molecule has 0 bridgehead atoms. The van der Waals surface area contributed by atoms with Crippen LogP contribution in [0.15, 0.2) is 18.9 Å². The average Bonchev–Trinajstić information content (AvgIpc) is 2.95. The van der Waals surface area contributed by atoms with Crippen molar-refractivity contribution in [3.8, 4) is 0 Å². The van der Waals surface area contributed by atoms with Gasteiger partial charge in [-0.2, -0.15) is 5.10 Å². The number of aromatic nitrogens is 2. The van der Waals surface area contributed by atoms with Crippen LogP contribution in [-0.2, 0) is 17.9 Å². The minimum absolute atomic E-state index is 0.339. The molecule has 0 spiro atoms. The van der Waals surface area contributed by atoms with Crippen LogP contribution in [0.25, 0.3) is 0 Å². The number of likely N-dealkylation sites (N-methyl/N-ethyl adjacent to an activating group) is 1. The van der Waals surface area contributed by atoms with Crippen molar-refractivity contribution in [1.29, 1.82) is 0 Å². The SMILES string of the molecule is C=CCn1ncc(CN2CC[C@@H]3[C@@H](CCC(=O)N3CCNC)C2)c1C. The highest BCUT2D eigenvalue weighted by Crippen LogP contribution is 2.31. The van der Waals surface area contributed by atoms with Gasteiger partial charge in [0.15, 0.2) is 0 Å². The number of hydrogen-bond acceptors (Lipinski definition) is 4. The minimum atomic E-state index is 0.339. The maximum atomic E-state index is 12.3. The van der Waals surface area contributed by atoms with E-state index in [0.717, 1.165) is 52.1 Å². The van der Waals surface area contributed by atoms with E-state index in [1.165, 1.54) is 11.3 Å². The summed E-state index contributed by atoms with van der Waals surface area (Å²) in [4.78, 5) is 17.0. The number of piperidine rings is 2. The molecule has 1 amide bonds. The number of nitrogens with one attached hydrogen (secondary N) is 1. The van der Waals surface area contributed by atoms with E-state index in [9.17, 15) is 4.79 Å². The van der Waals surface area contributed by atoms with E-state index in [1.807, 2.05) is 24.0 Å². The van der Waals surface area contributed by atoms with Gasteiger partial charge in [0.25, 0.3) is 0 Å². The molecule has 0 saturated carbocycles. The second-order valence-corrected chi connectivity index (χ2v) is 7.31. The van der Waals surface area contributed by atoms with E-state index in [2.05, 4.69) is 33.7 Å². The molecule has 2 aliphatic rings. The van der Waals surface area contributed by atoms with E-state index in [4.69, 9.17) is 0 Å². The van der Waals surface area contributed by atoms with E-state index >= 15 is 0 Å². The molecule has 2 aliphatic heterocycles. The maximum absolute atomic E-state index is 12.3. The molecule has 2 saturated heterocycles. The fraction of sp³-hybridized carbons (Fsp3) is 0.684. The number of hydrogen-bond donors (Lipinski definition) is 1. The first-order valence-corrected chi connectivity index (χ1v) is 9.42. The number of rotatable bonds is 7. The summed E-state index contributed by atoms with van der Waals surface area (Å²) >= 11 is 0. The minimum Gasteiger partial charge on any atom is -0.338 e. The zero-order chi connectivity index (χ0) is 17.8. The van der Waals surface area contributed by atoms with Crippen molar-refractivity contribution in [3.63, 3.8) is 0 Å². The topological polar surface area (TPSA) is 53.4 Å². The van der Waals surface area contributed by atoms with Gasteiger partial charge in [-0.3, -0.25) is 14.4 Å². The quantitative estimate of drug-likeness (QED) is 0.759. The van der Waals surface area contributed by atoms with Crippen LogP contribution in [0, 0.1) is 12.8 Å². The van der Waals surface area contributed by atoms with Gasteiger partial charge in [-0.05, 0) is 32.7 Å². The lowest BCUT2D eigenvalue weighted by molar-refractivity contribution is -0.141. The Morgan fingerprint density at radius 3 is 3.04 bits per heavy atom. The highest BCUT2D eigenvalue weighted by atomic mass is 16.2. The van der Waals surface area contributed by atoms with Crippen LogP contribution in [-0.4, -0.2) is 64.8 Å². The molecule has 2 fully saturated rings. The molecule has 0 unspecified atom stereocenters. The van der Waals surface area contributed by atoms with Gasteiger partial charge in [0.05, 0.1) is 12.7 Å². The third-order valence-electron chi connectivity index (χ3n) is 5.73. The summed E-state index contributed by atoms with van der Waals surface area (Å²) in [6.45, 7) is 11.5. The largest absolute Gasteiger partial charge is 0.338 e. The summed E-state index contributed by atoms with van der Waals surface area (Å²) in [7, 11) is 1.95. The Bertz CT molecular complexity index is 611. The van der Waals surface area contributed by atoms with E-state index in [1.54, 1.807) is 0 Å². The van der Waals surface area contributed by atoms with Crippen LogP contribution in [0.3, 0.4) is 0 Å². The standard InChI is InChI=1S/C19H31N5O/c1-4-9-24-15(2)17(12-21-24)14-22-10-7-18-16(13-22)5-6-19(25)23(18)11-8-20-3/h4,12,16,18,20H,1,5-11,13-14H2,2-3H3/t16-,18+/m0/s1. The summed E-state index contributed by atoms with van der Waals surface area (Å²) in [6, 6.07) is 0.426. The predicted octanol–water partition coefficient (Wildman–Crippen LogP) is 1.41. The van der Waals surface area contributed by atoms with Gasteiger partial charge in [0, 0.05) is 56.4 Å². The lowest BCUT2D eigenvalue weighted by atomic mass is 9.83. The smallest absolute Gasteiger partial charge is 0.222 e. The zero-order valence-electron chi connectivity index (χ0n) is 15.6. The summed E-state index contributed by atoms with van der Waals surface area (Å²) in [6.07, 6.45) is 6.70. The fourth-order valence-electron chi connectivity index (χ4n) is 4.28. The van der Waals surface area contributed by atoms with Crippen LogP contribution in [0.5, 0.6) is 0 Å². The molecule has 1 aromatic rings. The van der Waals surface area contributed by atoms with Gasteiger partial charge >= 0.3 is 0 Å². The van der Waals surface area contributed by atoms with Crippen molar-refractivity contribution in [3.05, 3.63) is 30.1 Å². The Labute approximate surface area is 150 Å². The van der Waals surface area contributed by atoms with Crippen LogP contribution < -0.4 is 5.32 Å². The number of allylic oxidation sites excluding steroid dienone is 1. The second kappa shape index (κ2) is 8.15. The van der Waals surface area contributed by atoms with Crippen molar-refractivity contribution >= 4 is 5.91 Å². The van der Waals surface area contributed by atoms with E-state index < -0.39 is 0 Å². The molecule has 0 aromatic carbocycles. The monoisotopic (exact) mass is 345 g/mol. The molecule has 0 radical (unpaired) electrons. The van der Waals surface area contributed by atoms with Crippen LogP contribution in [0.4, 0.5) is 0 Å². The molecule has 6 nitrogen and oxygen atoms in total. The average molecular weight is 345 g/mol. The molecule has 138 valence electrons. The number of carbonyl (C=O) groups is 1. The molecule has 6 heteroatoms. The molecule has 1 aromatic heterocycles. The maximum Gasteiger partial charge on any atom is 0.222 e. The highest BCUT2D eigenvalue weighted by Gasteiger charge is 2.38. The van der Waals surface area contributed by atoms with E-state index in [0.29, 0.717) is 24.3 Å². The molecule has 25 heavy (non-hydrogen) atoms. The summed E-state index contributed by atoms with van der Waals surface area (Å²) in [5.41, 5.74) is 2.54. The summed E-state index contributed by atoms with van der Waals surface area (Å²) in [5, 5.41) is 7.64. The Kier molecular flexibility index (Phi) is 5.91. The van der Waals surface area contributed by atoms with Crippen molar-refractivity contribution in [1.82, 2.24) is 24.9 Å². The normalized spacial score (nSPS) is 24.4. The van der Waals surface area contributed by atoms with Gasteiger partial charge in [-0.15, -0.1) is 6.58 Å². The van der Waals surface area contributed by atoms with Crippen LogP contribution >= 0.6 is 0 Å². The van der Waals surface area contributed by atoms with Gasteiger partial charge in [0.2, 0.25) is 5.91 Å². The fourth-order valence-corrected chi connectivity index (χ4v) is 4.28. The summed E-state index contributed by atoms with van der Waals surface area (Å²) in [5.74, 6) is 0.943. The number of carbonyl (C=O) groups excluding carboxylic acids is 1. The first-order valence-electron chi connectivity index (χ1n) is 9.42. The number of nitrogens with zero attached hydrogens (tertiary/aromatic N) is 4. The van der Waals surface area contributed by atoms with Gasteiger partial charge in [-0.25, -0.2) is 0 Å². The van der Waals surface area contributed by atoms with Gasteiger partial charge in [-0.1, -0.05) is 6.08 Å². The lowest BCUT2D eigenvalue weighted by Crippen LogP contribution is -2.56. The van der Waals surface area contributed by atoms with Crippen molar-refractivity contribution in [2.24, 2.45) is 5.92 Å². The lowest BCUT2D eigenvalue weighted by Gasteiger charge is -2.47. The molecular weight excluding hydrogens is 314 g/mol. The Hall–Kier alpha value is -1.66. The third kappa shape index (κ3) is 3.96. The number of likely N-dealkylation sites (tertiary alicyclic amines) is 2. The van der Waals surface area contributed by atoms with Crippen LogP contribution in [0.1, 0.15) is 30.5 Å². The highest BCUT2D eigenvalue weighted by molar-refractivity contribution is 5.77. The molecule has 1 N–H and O–H groups in total. The molecule has 0 aliphatic carbocycles. The van der Waals surface area contributed by atoms with Crippen molar-refractivity contribution < 1.29 is 4.79 Å². The van der Waals surface area contributed by atoms with Crippen molar-refractivity contribution in [2.45, 2.75) is 45.3 Å². The molecular formula is C19H31N5O. The first kappa shape index (κ1) is 18.1. The van der Waals surface area contributed by atoms with Gasteiger partial charge in [0.1, 0.15) is 0 Å². The van der Waals surface area contributed by atoms with E-state index in [-0.39, 0.29) is 0 Å². The predicted molar refractivity (Wildman–Crippen MR) is 99.2 cm³/mol. The Morgan fingerprint density at radius 1 is 1.44 bits per heavy atom. The molecule has 3 heterocycles. The Morgan fingerprint density at radius 2 is 2.28 bits per heavy atom. The number of fused-ring (bicyclic) bond motifs is 1. The first-order chi connectivity index (χ1) is 12.1. The Balaban J connectivity index is 1.61. The second-order valence-electron chi connectivity index (χ2n) is 7.31. The van der Waals surface area contributed by atoms with Crippen LogP contribution in [0.2, 0.25) is 0 Å². The molecule has 3 rings (SSSR count). The van der Waals surface area contributed by atoms with Gasteiger partial charge < -0.3 is 10.2 Å². The number of amides is 1. The summed E-state index contributed by atoms with van der Waals surface area (Å²) < 4.78 is 2.01. The van der Waals surface area contributed by atoms with Crippen molar-refractivity contribution in [2.75, 3.05) is 33.2 Å². The molecule has 2 atom stereocenters. The zero-order valence-corrected chi connectivity index (χ0v) is 15.6.